The van der Waals surface area contributed by atoms with Gasteiger partial charge in [-0.05, 0) is 25.8 Å². The minimum absolute atomic E-state index is 0.294. The van der Waals surface area contributed by atoms with Crippen molar-refractivity contribution in [3.05, 3.63) is 0 Å². The summed E-state index contributed by atoms with van der Waals surface area (Å²) >= 11 is 0. The van der Waals surface area contributed by atoms with Crippen molar-refractivity contribution in [2.24, 2.45) is 5.73 Å². The van der Waals surface area contributed by atoms with Gasteiger partial charge >= 0.3 is 0 Å². The van der Waals surface area contributed by atoms with Crippen LogP contribution in [0.25, 0.3) is 0 Å². The van der Waals surface area contributed by atoms with Crippen LogP contribution in [0, 0.1) is 0 Å². The Bertz CT molecular complexity index is 144. The second kappa shape index (κ2) is 4.94. The molecule has 0 spiro atoms. The number of methoxy groups -OCH3 is 1. The highest BCUT2D eigenvalue weighted by atomic mass is 16.5. The third kappa shape index (κ3) is 2.42. The Balaban J connectivity index is 2.55. The van der Waals surface area contributed by atoms with Gasteiger partial charge < -0.3 is 15.6 Å². The normalized spacial score (nSPS) is 24.2. The van der Waals surface area contributed by atoms with Crippen molar-refractivity contribution < 1.29 is 9.84 Å². The predicted octanol–water partition coefficient (Wildman–Crippen LogP) is 1.05. The molecule has 0 radical (unpaired) electrons. The lowest BCUT2D eigenvalue weighted by molar-refractivity contribution is -0.124. The van der Waals surface area contributed by atoms with E-state index in [4.69, 9.17) is 10.5 Å². The quantitative estimate of drug-likeness (QED) is 0.691. The van der Waals surface area contributed by atoms with Gasteiger partial charge in [0.25, 0.3) is 0 Å². The molecule has 1 aliphatic rings. The van der Waals surface area contributed by atoms with Crippen molar-refractivity contribution in [1.29, 1.82) is 0 Å². The Kier molecular flexibility index (Phi) is 4.16. The first-order chi connectivity index (χ1) is 6.25. The molecule has 3 N–H and O–H groups in total. The monoisotopic (exact) mass is 187 g/mol. The first-order valence-electron chi connectivity index (χ1n) is 5.18. The van der Waals surface area contributed by atoms with Crippen LogP contribution in [-0.4, -0.2) is 30.5 Å². The second-order valence-electron chi connectivity index (χ2n) is 3.92. The summed E-state index contributed by atoms with van der Waals surface area (Å²) in [7, 11) is 1.70. The van der Waals surface area contributed by atoms with Gasteiger partial charge in [-0.2, -0.15) is 0 Å². The number of hydrogen-bond acceptors (Lipinski definition) is 3. The topological polar surface area (TPSA) is 55.5 Å². The number of nitrogens with two attached hydrogens (primary N) is 1. The summed E-state index contributed by atoms with van der Waals surface area (Å²) in [4.78, 5) is 0. The molecular formula is C10H21NO2. The molecule has 3 heteroatoms. The van der Waals surface area contributed by atoms with Crippen molar-refractivity contribution in [2.75, 3.05) is 13.7 Å². The number of aliphatic hydroxyl groups is 1. The standard InChI is InChI=1S/C10H21NO2/c1-13-10(9(12)5-8-11)6-3-2-4-7-10/h9,12H,2-8,11H2,1H3. The summed E-state index contributed by atoms with van der Waals surface area (Å²) in [6.45, 7) is 0.534. The first kappa shape index (κ1) is 11.0. The van der Waals surface area contributed by atoms with E-state index in [2.05, 4.69) is 0 Å². The summed E-state index contributed by atoms with van der Waals surface area (Å²) in [5.74, 6) is 0. The summed E-state index contributed by atoms with van der Waals surface area (Å²) in [5.41, 5.74) is 5.14. The molecule has 78 valence electrons. The number of hydrogen-bond donors (Lipinski definition) is 2. The maximum atomic E-state index is 9.92. The summed E-state index contributed by atoms with van der Waals surface area (Å²) in [6.07, 6.45) is 5.80. The van der Waals surface area contributed by atoms with Gasteiger partial charge in [-0.25, -0.2) is 0 Å². The van der Waals surface area contributed by atoms with E-state index >= 15 is 0 Å². The van der Waals surface area contributed by atoms with E-state index in [-0.39, 0.29) is 11.7 Å². The molecule has 0 bridgehead atoms. The summed E-state index contributed by atoms with van der Waals surface area (Å²) in [5, 5.41) is 9.92. The maximum Gasteiger partial charge on any atom is 0.0936 e. The molecule has 1 atom stereocenters. The van der Waals surface area contributed by atoms with Gasteiger partial charge in [0.2, 0.25) is 0 Å². The van der Waals surface area contributed by atoms with Crippen LogP contribution < -0.4 is 5.73 Å². The van der Waals surface area contributed by atoms with E-state index in [1.54, 1.807) is 7.11 Å². The average Bonchev–Trinajstić information content (AvgIpc) is 2.19. The second-order valence-corrected chi connectivity index (χ2v) is 3.92. The van der Waals surface area contributed by atoms with Gasteiger partial charge in [-0.1, -0.05) is 19.3 Å². The molecule has 1 unspecified atom stereocenters. The largest absolute Gasteiger partial charge is 0.390 e. The Morgan fingerprint density at radius 2 is 2.00 bits per heavy atom. The molecule has 0 aromatic heterocycles. The maximum absolute atomic E-state index is 9.92. The lowest BCUT2D eigenvalue weighted by Gasteiger charge is -2.39. The van der Waals surface area contributed by atoms with Crippen LogP contribution in [0.5, 0.6) is 0 Å². The predicted molar refractivity (Wildman–Crippen MR) is 52.5 cm³/mol. The van der Waals surface area contributed by atoms with E-state index < -0.39 is 0 Å². The van der Waals surface area contributed by atoms with Gasteiger partial charge in [0.1, 0.15) is 0 Å². The zero-order valence-corrected chi connectivity index (χ0v) is 8.46. The molecular weight excluding hydrogens is 166 g/mol. The van der Waals surface area contributed by atoms with Crippen LogP contribution in [0.2, 0.25) is 0 Å². The van der Waals surface area contributed by atoms with Gasteiger partial charge in [0.15, 0.2) is 0 Å². The molecule has 0 saturated heterocycles. The number of rotatable bonds is 4. The van der Waals surface area contributed by atoms with E-state index in [0.717, 1.165) is 25.7 Å². The molecule has 1 fully saturated rings. The molecule has 1 saturated carbocycles. The van der Waals surface area contributed by atoms with E-state index in [1.165, 1.54) is 6.42 Å². The lowest BCUT2D eigenvalue weighted by atomic mass is 9.79. The SMILES string of the molecule is COC1(C(O)CCN)CCCCC1. The Labute approximate surface area is 80.3 Å². The average molecular weight is 187 g/mol. The minimum Gasteiger partial charge on any atom is -0.390 e. The third-order valence-electron chi connectivity index (χ3n) is 3.15. The molecule has 0 aromatic rings. The fraction of sp³-hybridized carbons (Fsp3) is 1.00. The molecule has 0 aromatic carbocycles. The van der Waals surface area contributed by atoms with Crippen LogP contribution in [0.4, 0.5) is 0 Å². The van der Waals surface area contributed by atoms with Gasteiger partial charge in [-0.3, -0.25) is 0 Å². The number of ether oxygens (including phenoxy) is 1. The van der Waals surface area contributed by atoms with E-state index in [9.17, 15) is 5.11 Å². The van der Waals surface area contributed by atoms with E-state index in [0.29, 0.717) is 13.0 Å². The van der Waals surface area contributed by atoms with Crippen molar-refractivity contribution in [3.63, 3.8) is 0 Å². The molecule has 0 amide bonds. The molecule has 0 heterocycles. The highest BCUT2D eigenvalue weighted by Crippen LogP contribution is 2.34. The Morgan fingerprint density at radius 3 is 2.46 bits per heavy atom. The zero-order valence-electron chi connectivity index (χ0n) is 8.46. The fourth-order valence-electron chi connectivity index (χ4n) is 2.24. The van der Waals surface area contributed by atoms with Crippen LogP contribution in [0.1, 0.15) is 38.5 Å². The molecule has 3 nitrogen and oxygen atoms in total. The van der Waals surface area contributed by atoms with Crippen LogP contribution in [0.15, 0.2) is 0 Å². The molecule has 1 aliphatic carbocycles. The highest BCUT2D eigenvalue weighted by molar-refractivity contribution is 4.90. The summed E-state index contributed by atoms with van der Waals surface area (Å²) < 4.78 is 5.49. The third-order valence-corrected chi connectivity index (χ3v) is 3.15. The van der Waals surface area contributed by atoms with Crippen molar-refractivity contribution >= 4 is 0 Å². The highest BCUT2D eigenvalue weighted by Gasteiger charge is 2.38. The lowest BCUT2D eigenvalue weighted by Crippen LogP contribution is -2.46. The van der Waals surface area contributed by atoms with Crippen molar-refractivity contribution in [1.82, 2.24) is 0 Å². The van der Waals surface area contributed by atoms with Gasteiger partial charge in [0.05, 0.1) is 11.7 Å². The Hall–Kier alpha value is -0.120. The zero-order chi connectivity index (χ0) is 9.73. The van der Waals surface area contributed by atoms with Crippen LogP contribution >= 0.6 is 0 Å². The minimum atomic E-state index is -0.386. The van der Waals surface area contributed by atoms with Gasteiger partial charge in [0, 0.05) is 7.11 Å². The van der Waals surface area contributed by atoms with Crippen molar-refractivity contribution in [2.45, 2.75) is 50.2 Å². The van der Waals surface area contributed by atoms with Crippen LogP contribution in [-0.2, 0) is 4.74 Å². The molecule has 13 heavy (non-hydrogen) atoms. The molecule has 1 rings (SSSR count). The first-order valence-corrected chi connectivity index (χ1v) is 5.18. The number of aliphatic hydroxyl groups excluding tert-OH is 1. The van der Waals surface area contributed by atoms with Crippen LogP contribution in [0.3, 0.4) is 0 Å². The van der Waals surface area contributed by atoms with E-state index in [1.807, 2.05) is 0 Å². The summed E-state index contributed by atoms with van der Waals surface area (Å²) in [6, 6.07) is 0. The molecule has 0 aliphatic heterocycles. The fourth-order valence-corrected chi connectivity index (χ4v) is 2.24. The Morgan fingerprint density at radius 1 is 1.38 bits per heavy atom. The smallest absolute Gasteiger partial charge is 0.0936 e. The van der Waals surface area contributed by atoms with Crippen molar-refractivity contribution in [3.8, 4) is 0 Å². The van der Waals surface area contributed by atoms with Gasteiger partial charge in [-0.15, -0.1) is 0 Å².